The van der Waals surface area contributed by atoms with E-state index in [1.165, 1.54) is 0 Å². The van der Waals surface area contributed by atoms with Gasteiger partial charge in [0.15, 0.2) is 0 Å². The number of fused-ring (bicyclic) bond motifs is 2. The number of hydrogen-bond donors (Lipinski definition) is 2. The fraction of sp³-hybridized carbons (Fsp3) is 0.185. The predicted octanol–water partition coefficient (Wildman–Crippen LogP) is 3.92. The summed E-state index contributed by atoms with van der Waals surface area (Å²) in [6, 6.07) is 16.2. The SMILES string of the molecule is Cn1cc(C2=C(c3cn(C4C=CC(N)CC4)c4ccccc34)C(=O)NC2=O)c2ccccc21. The molecule has 0 saturated carbocycles. The maximum Gasteiger partial charge on any atom is 0.259 e. The van der Waals surface area contributed by atoms with E-state index < -0.39 is 0 Å². The molecule has 0 spiro atoms. The van der Waals surface area contributed by atoms with Crippen molar-refractivity contribution in [1.29, 1.82) is 0 Å². The minimum Gasteiger partial charge on any atom is -0.350 e. The second kappa shape index (κ2) is 7.32. The summed E-state index contributed by atoms with van der Waals surface area (Å²) >= 11 is 0. The third-order valence-corrected chi connectivity index (χ3v) is 6.84. The van der Waals surface area contributed by atoms with Gasteiger partial charge in [0.25, 0.3) is 11.8 Å². The van der Waals surface area contributed by atoms with E-state index in [9.17, 15) is 9.59 Å². The zero-order valence-electron chi connectivity index (χ0n) is 18.3. The molecule has 3 heterocycles. The van der Waals surface area contributed by atoms with E-state index in [0.717, 1.165) is 45.8 Å². The van der Waals surface area contributed by atoms with Crippen LogP contribution in [0.25, 0.3) is 33.0 Å². The summed E-state index contributed by atoms with van der Waals surface area (Å²) in [5, 5.41) is 4.45. The van der Waals surface area contributed by atoms with Gasteiger partial charge < -0.3 is 14.9 Å². The Morgan fingerprint density at radius 1 is 0.818 bits per heavy atom. The van der Waals surface area contributed by atoms with E-state index in [-0.39, 0.29) is 23.9 Å². The molecule has 0 saturated heterocycles. The highest BCUT2D eigenvalue weighted by molar-refractivity contribution is 6.50. The van der Waals surface area contributed by atoms with E-state index >= 15 is 0 Å². The van der Waals surface area contributed by atoms with Gasteiger partial charge in [-0.25, -0.2) is 0 Å². The van der Waals surface area contributed by atoms with Crippen LogP contribution in [-0.4, -0.2) is 27.0 Å². The Bertz CT molecular complexity index is 1520. The number of allylic oxidation sites excluding steroid dienone is 1. The van der Waals surface area contributed by atoms with Gasteiger partial charge in [-0.15, -0.1) is 0 Å². The highest BCUT2D eigenvalue weighted by Gasteiger charge is 2.35. The molecule has 0 fully saturated rings. The molecular formula is C27H24N4O2. The van der Waals surface area contributed by atoms with E-state index in [0.29, 0.717) is 11.1 Å². The first kappa shape index (κ1) is 19.8. The average Bonchev–Trinajstić information content (AvgIpc) is 3.45. The third-order valence-electron chi connectivity index (χ3n) is 6.84. The maximum atomic E-state index is 13.1. The van der Waals surface area contributed by atoms with Gasteiger partial charge in [-0.3, -0.25) is 14.9 Å². The number of benzene rings is 2. The molecule has 1 aliphatic carbocycles. The lowest BCUT2D eigenvalue weighted by atomic mass is 9.95. The van der Waals surface area contributed by atoms with Gasteiger partial charge in [-0.1, -0.05) is 48.6 Å². The third kappa shape index (κ3) is 2.98. The molecule has 2 aliphatic rings. The minimum absolute atomic E-state index is 0.0847. The lowest BCUT2D eigenvalue weighted by Crippen LogP contribution is -2.23. The molecule has 6 rings (SSSR count). The molecule has 2 aromatic heterocycles. The maximum absolute atomic E-state index is 13.1. The number of amides is 2. The summed E-state index contributed by atoms with van der Waals surface area (Å²) in [6.07, 6.45) is 9.99. The average molecular weight is 437 g/mol. The first-order chi connectivity index (χ1) is 16.0. The molecule has 2 unspecified atom stereocenters. The summed E-state index contributed by atoms with van der Waals surface area (Å²) < 4.78 is 4.20. The number of para-hydroxylation sites is 2. The summed E-state index contributed by atoms with van der Waals surface area (Å²) in [5.41, 5.74) is 10.5. The number of carbonyl (C=O) groups is 2. The standard InChI is InChI=1S/C27H24N4O2/c1-30-14-20(18-6-2-4-8-22(18)30)24-25(27(33)29-26(24)32)21-15-31(17-12-10-16(28)11-13-17)23-9-5-3-7-19(21)23/h2-10,12,14-17H,11,13,28H2,1H3,(H,29,32,33). The summed E-state index contributed by atoms with van der Waals surface area (Å²) in [7, 11) is 1.95. The van der Waals surface area contributed by atoms with Crippen LogP contribution in [0.1, 0.15) is 30.0 Å². The van der Waals surface area contributed by atoms with Gasteiger partial charge in [-0.2, -0.15) is 0 Å². The quantitative estimate of drug-likeness (QED) is 0.377. The van der Waals surface area contributed by atoms with Crippen molar-refractivity contribution in [2.75, 3.05) is 0 Å². The predicted molar refractivity (Wildman–Crippen MR) is 130 cm³/mol. The fourth-order valence-electron chi connectivity index (χ4n) is 5.25. The number of nitrogens with two attached hydrogens (primary N) is 1. The lowest BCUT2D eigenvalue weighted by Gasteiger charge is -2.22. The lowest BCUT2D eigenvalue weighted by molar-refractivity contribution is -0.122. The zero-order chi connectivity index (χ0) is 22.7. The molecule has 164 valence electrons. The number of nitrogens with zero attached hydrogens (tertiary/aromatic N) is 2. The van der Waals surface area contributed by atoms with E-state index in [1.54, 1.807) is 0 Å². The number of rotatable bonds is 3. The van der Waals surface area contributed by atoms with Crippen LogP contribution in [0, 0.1) is 0 Å². The van der Waals surface area contributed by atoms with Crippen molar-refractivity contribution in [3.05, 3.63) is 84.2 Å². The van der Waals surface area contributed by atoms with Gasteiger partial charge in [0.1, 0.15) is 0 Å². The molecule has 2 aromatic carbocycles. The largest absolute Gasteiger partial charge is 0.350 e. The van der Waals surface area contributed by atoms with Crippen molar-refractivity contribution < 1.29 is 9.59 Å². The van der Waals surface area contributed by atoms with E-state index in [1.807, 2.05) is 66.5 Å². The molecule has 0 radical (unpaired) electrons. The number of aryl methyl sites for hydroxylation is 1. The number of imide groups is 1. The van der Waals surface area contributed by atoms with Gasteiger partial charge in [0.05, 0.1) is 17.2 Å². The first-order valence-electron chi connectivity index (χ1n) is 11.2. The van der Waals surface area contributed by atoms with Crippen molar-refractivity contribution in [3.8, 4) is 0 Å². The summed E-state index contributed by atoms with van der Waals surface area (Å²) in [5.74, 6) is -0.709. The Hall–Kier alpha value is -3.90. The number of carbonyl (C=O) groups excluding carboxylic acids is 2. The zero-order valence-corrected chi connectivity index (χ0v) is 18.3. The highest BCUT2D eigenvalue weighted by Crippen LogP contribution is 2.40. The Morgan fingerprint density at radius 3 is 2.09 bits per heavy atom. The Morgan fingerprint density at radius 2 is 1.42 bits per heavy atom. The van der Waals surface area contributed by atoms with Crippen molar-refractivity contribution in [1.82, 2.24) is 14.5 Å². The second-order valence-corrected chi connectivity index (χ2v) is 8.86. The smallest absolute Gasteiger partial charge is 0.259 e. The van der Waals surface area contributed by atoms with Crippen LogP contribution in [0.15, 0.2) is 73.1 Å². The molecule has 2 amide bonds. The molecule has 6 heteroatoms. The van der Waals surface area contributed by atoms with Crippen molar-refractivity contribution in [2.45, 2.75) is 24.9 Å². The first-order valence-corrected chi connectivity index (χ1v) is 11.2. The van der Waals surface area contributed by atoms with Crippen molar-refractivity contribution >= 4 is 44.8 Å². The van der Waals surface area contributed by atoms with E-state index in [4.69, 9.17) is 5.73 Å². The fourth-order valence-corrected chi connectivity index (χ4v) is 5.25. The molecule has 3 N–H and O–H groups in total. The molecule has 33 heavy (non-hydrogen) atoms. The van der Waals surface area contributed by atoms with Crippen LogP contribution in [0.5, 0.6) is 0 Å². The second-order valence-electron chi connectivity index (χ2n) is 8.86. The molecule has 6 nitrogen and oxygen atoms in total. The molecular weight excluding hydrogens is 412 g/mol. The van der Waals surface area contributed by atoms with Crippen LogP contribution in [-0.2, 0) is 16.6 Å². The highest BCUT2D eigenvalue weighted by atomic mass is 16.2. The van der Waals surface area contributed by atoms with E-state index in [2.05, 4.69) is 28.1 Å². The van der Waals surface area contributed by atoms with Crippen LogP contribution in [0.4, 0.5) is 0 Å². The monoisotopic (exact) mass is 436 g/mol. The molecule has 1 aliphatic heterocycles. The van der Waals surface area contributed by atoms with Crippen LogP contribution < -0.4 is 11.1 Å². The van der Waals surface area contributed by atoms with Gasteiger partial charge in [0, 0.05) is 58.4 Å². The number of aromatic nitrogens is 2. The number of nitrogens with one attached hydrogen (secondary N) is 1. The topological polar surface area (TPSA) is 82.0 Å². The van der Waals surface area contributed by atoms with Crippen LogP contribution in [0.3, 0.4) is 0 Å². The van der Waals surface area contributed by atoms with Crippen molar-refractivity contribution in [3.63, 3.8) is 0 Å². The summed E-state index contributed by atoms with van der Waals surface area (Å²) in [6.45, 7) is 0. The van der Waals surface area contributed by atoms with Crippen molar-refractivity contribution in [2.24, 2.45) is 12.8 Å². The Balaban J connectivity index is 1.62. The number of hydrogen-bond acceptors (Lipinski definition) is 3. The van der Waals surface area contributed by atoms with Crippen LogP contribution in [0.2, 0.25) is 0 Å². The summed E-state index contributed by atoms with van der Waals surface area (Å²) in [4.78, 5) is 26.2. The van der Waals surface area contributed by atoms with Crippen LogP contribution >= 0.6 is 0 Å². The Kier molecular flexibility index (Phi) is 4.38. The van der Waals surface area contributed by atoms with Gasteiger partial charge in [-0.05, 0) is 25.0 Å². The molecule has 4 aromatic rings. The molecule has 2 atom stereocenters. The Labute approximate surface area is 191 Å². The molecule has 0 bridgehead atoms. The minimum atomic E-state index is -0.355. The van der Waals surface area contributed by atoms with Gasteiger partial charge >= 0.3 is 0 Å². The van der Waals surface area contributed by atoms with Gasteiger partial charge in [0.2, 0.25) is 0 Å². The normalized spacial score (nSPS) is 20.9.